The van der Waals surface area contributed by atoms with Gasteiger partial charge in [-0.3, -0.25) is 24.7 Å². The van der Waals surface area contributed by atoms with Crippen molar-refractivity contribution in [1.82, 2.24) is 5.32 Å². The van der Waals surface area contributed by atoms with Crippen LogP contribution in [0, 0.1) is 0 Å². The van der Waals surface area contributed by atoms with Crippen LogP contribution < -0.4 is 22.5 Å². The maximum atomic E-state index is 10.6. The van der Waals surface area contributed by atoms with E-state index in [2.05, 4.69) is 10.3 Å². The zero-order valence-corrected chi connectivity index (χ0v) is 11.5. The molecule has 0 bridgehead atoms. The van der Waals surface area contributed by atoms with Crippen LogP contribution in [0.2, 0.25) is 0 Å². The topological polar surface area (TPSA) is 194 Å². The van der Waals surface area contributed by atoms with E-state index in [4.69, 9.17) is 27.4 Å². The highest BCUT2D eigenvalue weighted by molar-refractivity contribution is 6.03. The fourth-order valence-corrected chi connectivity index (χ4v) is 1.47. The molecule has 9 N–H and O–H groups in total. The minimum atomic E-state index is -1.07. The molecule has 1 fully saturated rings. The van der Waals surface area contributed by atoms with Gasteiger partial charge in [-0.1, -0.05) is 0 Å². The number of carbonyl (C=O) groups is 3. The summed E-state index contributed by atoms with van der Waals surface area (Å²) in [5.41, 5.74) is 15.3. The van der Waals surface area contributed by atoms with Crippen LogP contribution in [0.25, 0.3) is 0 Å². The number of nitrogens with zero attached hydrogens (tertiary/aromatic N) is 1. The number of guanidine groups is 1. The molecular formula is C11H21N5O5. The summed E-state index contributed by atoms with van der Waals surface area (Å²) in [7, 11) is 0. The van der Waals surface area contributed by atoms with E-state index in [9.17, 15) is 14.4 Å². The molecule has 0 aromatic heterocycles. The van der Waals surface area contributed by atoms with Gasteiger partial charge in [-0.25, -0.2) is 0 Å². The summed E-state index contributed by atoms with van der Waals surface area (Å²) in [5.74, 6) is -2.28. The lowest BCUT2D eigenvalue weighted by atomic mass is 10.2. The molecule has 1 aliphatic heterocycles. The van der Waals surface area contributed by atoms with Gasteiger partial charge in [0, 0.05) is 19.5 Å². The van der Waals surface area contributed by atoms with Gasteiger partial charge in [0.15, 0.2) is 17.8 Å². The van der Waals surface area contributed by atoms with Gasteiger partial charge < -0.3 is 27.4 Å². The number of carbonyl (C=O) groups excluding carboxylic acids is 1. The minimum absolute atomic E-state index is 0.0129. The van der Waals surface area contributed by atoms with Gasteiger partial charge in [-0.2, -0.15) is 0 Å². The van der Waals surface area contributed by atoms with E-state index in [1.54, 1.807) is 0 Å². The van der Waals surface area contributed by atoms with E-state index in [0.717, 1.165) is 0 Å². The first-order valence-electron chi connectivity index (χ1n) is 6.28. The Labute approximate surface area is 121 Å². The third-order valence-corrected chi connectivity index (χ3v) is 2.57. The zero-order valence-electron chi connectivity index (χ0n) is 11.5. The molecule has 1 saturated heterocycles. The average Bonchev–Trinajstić information content (AvgIpc) is 2.81. The van der Waals surface area contributed by atoms with Crippen LogP contribution in [0.1, 0.15) is 19.3 Å². The van der Waals surface area contributed by atoms with Gasteiger partial charge in [0.2, 0.25) is 0 Å². The van der Waals surface area contributed by atoms with Gasteiger partial charge >= 0.3 is 11.9 Å². The molecule has 0 aromatic rings. The SMILES string of the molecule is NC(N)=NCCCC(N)C(=O)O.O=C(O)[C@H]1NCCC1=O. The number of nitrogens with two attached hydrogens (primary N) is 3. The number of aliphatic carboxylic acids is 2. The molecule has 0 aliphatic carbocycles. The molecule has 1 aliphatic rings. The maximum absolute atomic E-state index is 10.6. The monoisotopic (exact) mass is 303 g/mol. The van der Waals surface area contributed by atoms with Crippen molar-refractivity contribution >= 4 is 23.7 Å². The molecule has 10 nitrogen and oxygen atoms in total. The van der Waals surface area contributed by atoms with E-state index >= 15 is 0 Å². The number of ketones is 1. The molecule has 120 valence electrons. The number of Topliss-reactive ketones (excluding diaryl/α,β-unsaturated/α-hetero) is 1. The van der Waals surface area contributed by atoms with E-state index < -0.39 is 24.0 Å². The number of rotatable bonds is 6. The van der Waals surface area contributed by atoms with Crippen LogP contribution >= 0.6 is 0 Å². The van der Waals surface area contributed by atoms with Crippen molar-refractivity contribution in [3.05, 3.63) is 0 Å². The van der Waals surface area contributed by atoms with Crippen molar-refractivity contribution < 1.29 is 24.6 Å². The molecule has 0 spiro atoms. The van der Waals surface area contributed by atoms with Crippen molar-refractivity contribution in [3.8, 4) is 0 Å². The highest BCUT2D eigenvalue weighted by Gasteiger charge is 2.29. The molecule has 2 atom stereocenters. The highest BCUT2D eigenvalue weighted by atomic mass is 16.4. The second kappa shape index (κ2) is 9.66. The number of nitrogens with one attached hydrogen (secondary N) is 1. The van der Waals surface area contributed by atoms with Crippen LogP contribution in [0.3, 0.4) is 0 Å². The molecular weight excluding hydrogens is 282 g/mol. The standard InChI is InChI=1S/C6H14N4O2.C5H7NO3/c7-4(5(11)12)2-1-3-10-6(8)9;7-3-1-2-6-4(3)5(8)9/h4H,1-3,7H2,(H,11,12)(H4,8,9,10);4,6H,1-2H2,(H,8,9)/t;4-/m.0/s1. The van der Waals surface area contributed by atoms with Crippen LogP contribution in [-0.4, -0.2) is 59.1 Å². The molecule has 21 heavy (non-hydrogen) atoms. The van der Waals surface area contributed by atoms with Crippen molar-refractivity contribution in [2.75, 3.05) is 13.1 Å². The first kappa shape index (κ1) is 18.8. The number of hydrogen-bond donors (Lipinski definition) is 6. The summed E-state index contributed by atoms with van der Waals surface area (Å²) >= 11 is 0. The Morgan fingerprint density at radius 2 is 2.00 bits per heavy atom. The first-order chi connectivity index (χ1) is 9.75. The van der Waals surface area contributed by atoms with Gasteiger partial charge in [0.25, 0.3) is 0 Å². The Bertz CT molecular complexity index is 408. The lowest BCUT2D eigenvalue weighted by Crippen LogP contribution is -2.35. The average molecular weight is 303 g/mol. The minimum Gasteiger partial charge on any atom is -0.480 e. The van der Waals surface area contributed by atoms with Crippen molar-refractivity contribution in [2.24, 2.45) is 22.2 Å². The zero-order chi connectivity index (χ0) is 16.4. The molecule has 0 saturated carbocycles. The van der Waals surface area contributed by atoms with E-state index in [1.165, 1.54) is 0 Å². The Hall–Kier alpha value is -2.20. The van der Waals surface area contributed by atoms with Gasteiger partial charge in [-0.05, 0) is 12.8 Å². The summed E-state index contributed by atoms with van der Waals surface area (Å²) in [6.07, 6.45) is 1.30. The lowest BCUT2D eigenvalue weighted by Gasteiger charge is -2.03. The Morgan fingerprint density at radius 1 is 1.38 bits per heavy atom. The third kappa shape index (κ3) is 8.55. The quantitative estimate of drug-likeness (QED) is 0.132. The smallest absolute Gasteiger partial charge is 0.328 e. The van der Waals surface area contributed by atoms with Crippen molar-refractivity contribution in [1.29, 1.82) is 0 Å². The molecule has 0 amide bonds. The first-order valence-corrected chi connectivity index (χ1v) is 6.28. The summed E-state index contributed by atoms with van der Waals surface area (Å²) in [6, 6.07) is -1.76. The molecule has 1 unspecified atom stereocenters. The normalized spacial score (nSPS) is 18.3. The van der Waals surface area contributed by atoms with Crippen LogP contribution in [-0.2, 0) is 14.4 Å². The number of carboxylic acids is 2. The fourth-order valence-electron chi connectivity index (χ4n) is 1.47. The van der Waals surface area contributed by atoms with E-state index in [-0.39, 0.29) is 11.7 Å². The van der Waals surface area contributed by atoms with E-state index in [0.29, 0.717) is 32.4 Å². The predicted molar refractivity (Wildman–Crippen MR) is 74.6 cm³/mol. The van der Waals surface area contributed by atoms with Crippen LogP contribution in [0.15, 0.2) is 4.99 Å². The predicted octanol–water partition coefficient (Wildman–Crippen LogP) is -2.55. The molecule has 1 rings (SSSR count). The highest BCUT2D eigenvalue weighted by Crippen LogP contribution is 1.99. The van der Waals surface area contributed by atoms with Crippen molar-refractivity contribution in [2.45, 2.75) is 31.3 Å². The Morgan fingerprint density at radius 3 is 2.33 bits per heavy atom. The Kier molecular flexibility index (Phi) is 8.65. The summed E-state index contributed by atoms with van der Waals surface area (Å²) in [4.78, 5) is 34.6. The maximum Gasteiger partial charge on any atom is 0.328 e. The summed E-state index contributed by atoms with van der Waals surface area (Å²) < 4.78 is 0. The van der Waals surface area contributed by atoms with Crippen LogP contribution in [0.4, 0.5) is 0 Å². The summed E-state index contributed by atoms with van der Waals surface area (Å²) in [5, 5.41) is 19.2. The lowest BCUT2D eigenvalue weighted by molar-refractivity contribution is -0.142. The molecule has 10 heteroatoms. The van der Waals surface area contributed by atoms with Crippen molar-refractivity contribution in [3.63, 3.8) is 0 Å². The number of aliphatic imine (C=N–C) groups is 1. The molecule has 0 aromatic carbocycles. The second-order valence-corrected chi connectivity index (χ2v) is 4.34. The van der Waals surface area contributed by atoms with Crippen LogP contribution in [0.5, 0.6) is 0 Å². The Balaban J connectivity index is 0.000000394. The largest absolute Gasteiger partial charge is 0.480 e. The molecule has 0 radical (unpaired) electrons. The van der Waals surface area contributed by atoms with E-state index in [1.807, 2.05) is 0 Å². The fraction of sp³-hybridized carbons (Fsp3) is 0.636. The number of carboxylic acid groups (broad SMARTS) is 2. The third-order valence-electron chi connectivity index (χ3n) is 2.57. The molecule has 1 heterocycles. The van der Waals surface area contributed by atoms with Gasteiger partial charge in [0.05, 0.1) is 0 Å². The summed E-state index contributed by atoms with van der Waals surface area (Å²) in [6.45, 7) is 0.916. The number of hydrogen-bond acceptors (Lipinski definition) is 6. The second-order valence-electron chi connectivity index (χ2n) is 4.34. The van der Waals surface area contributed by atoms with Gasteiger partial charge in [0.1, 0.15) is 6.04 Å². The van der Waals surface area contributed by atoms with Gasteiger partial charge in [-0.15, -0.1) is 0 Å².